The Morgan fingerprint density at radius 3 is 1.90 bits per heavy atom. The normalized spacial score (nSPS) is 15.6. The lowest BCUT2D eigenvalue weighted by Gasteiger charge is -2.28. The molecular formula is C15H14N2O4. The monoisotopic (exact) mass is 286 g/mol. The first-order chi connectivity index (χ1) is 9.82. The van der Waals surface area contributed by atoms with Crippen LogP contribution in [0.25, 0.3) is 0 Å². The van der Waals surface area contributed by atoms with Gasteiger partial charge in [-0.25, -0.2) is 4.79 Å². The van der Waals surface area contributed by atoms with Crippen LogP contribution in [-0.2, 0) is 9.59 Å². The minimum atomic E-state index is -0.774. The fourth-order valence-electron chi connectivity index (χ4n) is 1.91. The van der Waals surface area contributed by atoms with Gasteiger partial charge in [-0.2, -0.15) is 0 Å². The molecule has 6 nitrogen and oxygen atoms in total. The third-order valence-corrected chi connectivity index (χ3v) is 3.26. The number of likely N-dealkylation sites (N-methyl/N-ethyl adjacent to an activating group) is 2. The number of ketones is 1. The van der Waals surface area contributed by atoms with Crippen molar-refractivity contribution in [3.63, 3.8) is 0 Å². The number of imide groups is 2. The highest BCUT2D eigenvalue weighted by molar-refractivity contribution is 6.31. The van der Waals surface area contributed by atoms with Crippen LogP contribution in [0.1, 0.15) is 15.9 Å². The zero-order valence-corrected chi connectivity index (χ0v) is 11.9. The number of rotatable bonds is 2. The molecule has 21 heavy (non-hydrogen) atoms. The minimum absolute atomic E-state index is 0.315. The van der Waals surface area contributed by atoms with Crippen molar-refractivity contribution in [3.05, 3.63) is 47.0 Å². The second-order valence-corrected chi connectivity index (χ2v) is 4.80. The van der Waals surface area contributed by atoms with Gasteiger partial charge >= 0.3 is 6.03 Å². The molecule has 1 aliphatic rings. The maximum atomic E-state index is 12.1. The predicted molar refractivity (Wildman–Crippen MR) is 74.5 cm³/mol. The number of carbonyl (C=O) groups is 4. The molecule has 1 saturated heterocycles. The van der Waals surface area contributed by atoms with E-state index in [-0.39, 0.29) is 5.57 Å². The fraction of sp³-hybridized carbons (Fsp3) is 0.200. The molecule has 0 saturated carbocycles. The molecule has 0 unspecified atom stereocenters. The maximum absolute atomic E-state index is 12.1. The number of nitrogens with zero attached hydrogens (tertiary/aromatic N) is 2. The molecule has 4 amide bonds. The molecule has 0 spiro atoms. The van der Waals surface area contributed by atoms with E-state index in [0.29, 0.717) is 5.56 Å². The van der Waals surface area contributed by atoms with Gasteiger partial charge in [-0.15, -0.1) is 0 Å². The molecule has 6 heteroatoms. The highest BCUT2D eigenvalue weighted by atomic mass is 16.2. The highest BCUT2D eigenvalue weighted by Gasteiger charge is 2.38. The standard InChI is InChI=1S/C15H14N2O4/c1-9-4-6-10(7-5-9)12(18)8-11-13(19)16(2)15(21)17(3)14(11)20/h4-8H,1-3H3. The smallest absolute Gasteiger partial charge is 0.289 e. The average molecular weight is 286 g/mol. The lowest BCUT2D eigenvalue weighted by molar-refractivity contribution is -0.134. The van der Waals surface area contributed by atoms with E-state index in [4.69, 9.17) is 0 Å². The Kier molecular flexibility index (Phi) is 3.71. The number of aryl methyl sites for hydroxylation is 1. The van der Waals surface area contributed by atoms with Crippen molar-refractivity contribution in [3.8, 4) is 0 Å². The molecule has 1 heterocycles. The quantitative estimate of drug-likeness (QED) is 0.464. The van der Waals surface area contributed by atoms with Gasteiger partial charge in [-0.05, 0) is 6.92 Å². The first-order valence-electron chi connectivity index (χ1n) is 6.25. The molecule has 1 aliphatic heterocycles. The molecule has 1 fully saturated rings. The van der Waals surface area contributed by atoms with E-state index >= 15 is 0 Å². The topological polar surface area (TPSA) is 74.8 Å². The van der Waals surface area contributed by atoms with Gasteiger partial charge in [-0.1, -0.05) is 29.8 Å². The molecule has 0 aromatic heterocycles. The molecule has 0 atom stereocenters. The number of hydrogen-bond acceptors (Lipinski definition) is 4. The van der Waals surface area contributed by atoms with Crippen LogP contribution in [0, 0.1) is 6.92 Å². The third-order valence-electron chi connectivity index (χ3n) is 3.26. The number of carbonyl (C=O) groups excluding carboxylic acids is 4. The Hall–Kier alpha value is -2.76. The molecule has 0 aliphatic carbocycles. The van der Waals surface area contributed by atoms with Crippen LogP contribution in [0.4, 0.5) is 4.79 Å². The molecule has 2 rings (SSSR count). The Bertz CT molecular complexity index is 647. The molecule has 0 bridgehead atoms. The van der Waals surface area contributed by atoms with E-state index in [1.807, 2.05) is 6.92 Å². The highest BCUT2D eigenvalue weighted by Crippen LogP contribution is 2.15. The number of allylic oxidation sites excluding steroid dienone is 1. The largest absolute Gasteiger partial charge is 0.333 e. The first kappa shape index (κ1) is 14.6. The predicted octanol–water partition coefficient (Wildman–Crippen LogP) is 1.15. The van der Waals surface area contributed by atoms with Crippen LogP contribution in [0.5, 0.6) is 0 Å². The Balaban J connectivity index is 2.37. The Labute approximate surface area is 121 Å². The SMILES string of the molecule is Cc1ccc(C(=O)C=C2C(=O)N(C)C(=O)N(C)C2=O)cc1. The van der Waals surface area contributed by atoms with Crippen molar-refractivity contribution in [1.29, 1.82) is 0 Å². The van der Waals surface area contributed by atoms with Crippen LogP contribution >= 0.6 is 0 Å². The van der Waals surface area contributed by atoms with Crippen LogP contribution < -0.4 is 0 Å². The van der Waals surface area contributed by atoms with Gasteiger partial charge in [-0.3, -0.25) is 24.2 Å². The summed E-state index contributed by atoms with van der Waals surface area (Å²) < 4.78 is 0. The van der Waals surface area contributed by atoms with E-state index in [1.54, 1.807) is 24.3 Å². The molecular weight excluding hydrogens is 272 g/mol. The minimum Gasteiger partial charge on any atom is -0.289 e. The van der Waals surface area contributed by atoms with Crippen molar-refractivity contribution in [2.75, 3.05) is 14.1 Å². The van der Waals surface area contributed by atoms with Crippen molar-refractivity contribution < 1.29 is 19.2 Å². The number of benzene rings is 1. The van der Waals surface area contributed by atoms with Gasteiger partial charge in [0.25, 0.3) is 11.8 Å². The van der Waals surface area contributed by atoms with Crippen LogP contribution in [0.2, 0.25) is 0 Å². The summed E-state index contributed by atoms with van der Waals surface area (Å²) in [5.74, 6) is -2.00. The van der Waals surface area contributed by atoms with E-state index in [2.05, 4.69) is 0 Å². The molecule has 0 radical (unpaired) electrons. The number of barbiturate groups is 1. The second kappa shape index (κ2) is 5.32. The lowest BCUT2D eigenvalue weighted by atomic mass is 10.0. The van der Waals surface area contributed by atoms with E-state index in [9.17, 15) is 19.2 Å². The first-order valence-corrected chi connectivity index (χ1v) is 6.25. The number of amides is 4. The van der Waals surface area contributed by atoms with Crippen molar-refractivity contribution in [1.82, 2.24) is 9.80 Å². The fourth-order valence-corrected chi connectivity index (χ4v) is 1.91. The van der Waals surface area contributed by atoms with Gasteiger partial charge in [0.2, 0.25) is 0 Å². The average Bonchev–Trinajstić information content (AvgIpc) is 2.48. The van der Waals surface area contributed by atoms with E-state index in [1.165, 1.54) is 14.1 Å². The summed E-state index contributed by atoms with van der Waals surface area (Å²) >= 11 is 0. The molecule has 1 aromatic carbocycles. The maximum Gasteiger partial charge on any atom is 0.333 e. The number of hydrogen-bond donors (Lipinski definition) is 0. The summed E-state index contributed by atoms with van der Waals surface area (Å²) in [6.45, 7) is 1.89. The van der Waals surface area contributed by atoms with Gasteiger partial charge in [0.1, 0.15) is 5.57 Å². The molecule has 1 aromatic rings. The van der Waals surface area contributed by atoms with Gasteiger partial charge < -0.3 is 0 Å². The van der Waals surface area contributed by atoms with Gasteiger partial charge in [0.05, 0.1) is 0 Å². The Morgan fingerprint density at radius 1 is 0.952 bits per heavy atom. The van der Waals surface area contributed by atoms with Gasteiger partial charge in [0, 0.05) is 25.7 Å². The van der Waals surface area contributed by atoms with Crippen molar-refractivity contribution in [2.24, 2.45) is 0 Å². The third kappa shape index (κ3) is 2.60. The molecule has 0 N–H and O–H groups in total. The molecule has 108 valence electrons. The van der Waals surface area contributed by atoms with Crippen LogP contribution in [-0.4, -0.2) is 47.5 Å². The second-order valence-electron chi connectivity index (χ2n) is 4.80. The van der Waals surface area contributed by atoms with Crippen LogP contribution in [0.3, 0.4) is 0 Å². The van der Waals surface area contributed by atoms with Crippen LogP contribution in [0.15, 0.2) is 35.9 Å². The summed E-state index contributed by atoms with van der Waals surface area (Å²) in [6.07, 6.45) is 0.981. The Morgan fingerprint density at radius 2 is 1.43 bits per heavy atom. The van der Waals surface area contributed by atoms with Gasteiger partial charge in [0.15, 0.2) is 5.78 Å². The zero-order valence-electron chi connectivity index (χ0n) is 11.9. The summed E-state index contributed by atoms with van der Waals surface area (Å²) in [5.41, 5.74) is 1.05. The summed E-state index contributed by atoms with van der Waals surface area (Å²) in [6, 6.07) is 6.04. The summed E-state index contributed by atoms with van der Waals surface area (Å²) in [4.78, 5) is 49.2. The summed E-state index contributed by atoms with van der Waals surface area (Å²) in [7, 11) is 2.52. The lowest BCUT2D eigenvalue weighted by Crippen LogP contribution is -2.53. The zero-order chi connectivity index (χ0) is 15.7. The summed E-state index contributed by atoms with van der Waals surface area (Å²) in [5, 5.41) is 0. The van der Waals surface area contributed by atoms with Crippen molar-refractivity contribution in [2.45, 2.75) is 6.92 Å². The number of urea groups is 1. The van der Waals surface area contributed by atoms with E-state index < -0.39 is 23.6 Å². The van der Waals surface area contributed by atoms with E-state index in [0.717, 1.165) is 21.4 Å². The van der Waals surface area contributed by atoms with Crippen molar-refractivity contribution >= 4 is 23.6 Å².